The highest BCUT2D eigenvalue weighted by molar-refractivity contribution is 9.10. The molecule has 5 rings (SSSR count). The van der Waals surface area contributed by atoms with Crippen molar-refractivity contribution in [1.29, 1.82) is 5.26 Å². The van der Waals surface area contributed by atoms with Crippen LogP contribution in [0.5, 0.6) is 0 Å². The van der Waals surface area contributed by atoms with E-state index in [2.05, 4.69) is 27.3 Å². The molecule has 1 unspecified atom stereocenters. The van der Waals surface area contributed by atoms with Crippen LogP contribution in [0, 0.1) is 11.3 Å². The van der Waals surface area contributed by atoms with Crippen molar-refractivity contribution < 1.29 is 9.59 Å². The van der Waals surface area contributed by atoms with E-state index in [-0.39, 0.29) is 17.2 Å². The number of Topliss-reactive ketones (excluding diaryl/α,β-unsaturated/α-hetero) is 1. The van der Waals surface area contributed by atoms with Gasteiger partial charge in [-0.05, 0) is 37.1 Å². The maximum absolute atomic E-state index is 13.5. The van der Waals surface area contributed by atoms with Crippen molar-refractivity contribution in [3.63, 3.8) is 0 Å². The molecule has 0 fully saturated rings. The number of nitrogens with zero attached hydrogens (tertiary/aromatic N) is 2. The van der Waals surface area contributed by atoms with Gasteiger partial charge < -0.3 is 11.1 Å². The zero-order chi connectivity index (χ0) is 21.0. The molecule has 30 heavy (non-hydrogen) atoms. The number of amides is 1. The number of hydrogen-bond acceptors (Lipinski definition) is 5. The first-order valence-corrected chi connectivity index (χ1v) is 10.4. The van der Waals surface area contributed by atoms with E-state index in [9.17, 15) is 14.9 Å². The molecule has 2 aromatic rings. The predicted molar refractivity (Wildman–Crippen MR) is 116 cm³/mol. The lowest BCUT2D eigenvalue weighted by Crippen LogP contribution is -2.50. The third-order valence-electron chi connectivity index (χ3n) is 6.00. The Kier molecular flexibility index (Phi) is 4.09. The second-order valence-corrected chi connectivity index (χ2v) is 8.45. The summed E-state index contributed by atoms with van der Waals surface area (Å²) in [6.45, 7) is 0. The number of fused-ring (bicyclic) bond motifs is 3. The molecule has 148 valence electrons. The molecule has 2 aliphatic heterocycles. The van der Waals surface area contributed by atoms with E-state index in [1.807, 2.05) is 30.3 Å². The zero-order valence-corrected chi connectivity index (χ0v) is 17.5. The molecule has 1 aliphatic carbocycles. The minimum atomic E-state index is -1.51. The highest BCUT2D eigenvalue weighted by Gasteiger charge is 2.59. The van der Waals surface area contributed by atoms with E-state index in [1.54, 1.807) is 23.1 Å². The number of nitriles is 1. The summed E-state index contributed by atoms with van der Waals surface area (Å²) in [6.07, 6.45) is 1.59. The van der Waals surface area contributed by atoms with Gasteiger partial charge in [-0.25, -0.2) is 0 Å². The van der Waals surface area contributed by atoms with Crippen LogP contribution in [-0.2, 0) is 15.0 Å². The lowest BCUT2D eigenvalue weighted by molar-refractivity contribution is -0.122. The minimum absolute atomic E-state index is 0.0823. The molecule has 1 amide bonds. The van der Waals surface area contributed by atoms with Gasteiger partial charge in [-0.2, -0.15) is 5.26 Å². The molecule has 7 heteroatoms. The monoisotopic (exact) mass is 460 g/mol. The third kappa shape index (κ3) is 2.28. The van der Waals surface area contributed by atoms with E-state index >= 15 is 0 Å². The van der Waals surface area contributed by atoms with Crippen molar-refractivity contribution in [2.45, 2.75) is 24.7 Å². The van der Waals surface area contributed by atoms with Gasteiger partial charge in [0, 0.05) is 39.1 Å². The summed E-state index contributed by atoms with van der Waals surface area (Å²) in [4.78, 5) is 28.5. The van der Waals surface area contributed by atoms with E-state index in [0.29, 0.717) is 41.8 Å². The van der Waals surface area contributed by atoms with E-state index < -0.39 is 11.3 Å². The second kappa shape index (κ2) is 6.57. The van der Waals surface area contributed by atoms with Crippen molar-refractivity contribution in [3.8, 4) is 6.07 Å². The minimum Gasteiger partial charge on any atom is -0.384 e. The molecule has 0 saturated heterocycles. The Bertz CT molecular complexity index is 1240. The quantitative estimate of drug-likeness (QED) is 0.672. The first-order valence-electron chi connectivity index (χ1n) is 9.64. The molecule has 0 bridgehead atoms. The fraction of sp³-hybridized carbons (Fsp3) is 0.174. The van der Waals surface area contributed by atoms with Gasteiger partial charge in [0.15, 0.2) is 5.78 Å². The number of para-hydroxylation sites is 1. The van der Waals surface area contributed by atoms with E-state index in [1.165, 1.54) is 0 Å². The summed E-state index contributed by atoms with van der Waals surface area (Å²) in [7, 11) is 0. The molecule has 1 spiro atoms. The van der Waals surface area contributed by atoms with Crippen LogP contribution in [0.4, 0.5) is 11.4 Å². The number of allylic oxidation sites excluding steroid dienone is 1. The number of halogens is 1. The second-order valence-electron chi connectivity index (χ2n) is 7.54. The molecule has 0 saturated carbocycles. The molecule has 0 aromatic heterocycles. The van der Waals surface area contributed by atoms with Gasteiger partial charge in [0.05, 0.1) is 5.57 Å². The van der Waals surface area contributed by atoms with Gasteiger partial charge in [0.25, 0.3) is 0 Å². The molecule has 3 aliphatic rings. The number of benzene rings is 2. The Morgan fingerprint density at radius 3 is 2.70 bits per heavy atom. The van der Waals surface area contributed by atoms with Crippen molar-refractivity contribution in [3.05, 3.63) is 81.2 Å². The van der Waals surface area contributed by atoms with Gasteiger partial charge >= 0.3 is 0 Å². The lowest BCUT2D eigenvalue weighted by atomic mass is 9.64. The Hall–Kier alpha value is -3.37. The number of nitrogens with two attached hydrogens (primary N) is 1. The Morgan fingerprint density at radius 1 is 1.13 bits per heavy atom. The molecule has 2 heterocycles. The van der Waals surface area contributed by atoms with Crippen molar-refractivity contribution in [2.24, 2.45) is 5.73 Å². The maximum Gasteiger partial charge on any atom is 0.245 e. The lowest BCUT2D eigenvalue weighted by Gasteiger charge is -2.43. The number of ketones is 1. The van der Waals surface area contributed by atoms with Gasteiger partial charge in [-0.15, -0.1) is 0 Å². The number of hydrogen-bond donors (Lipinski definition) is 2. The van der Waals surface area contributed by atoms with Crippen LogP contribution < -0.4 is 16.0 Å². The summed E-state index contributed by atoms with van der Waals surface area (Å²) in [5.41, 5.74) is 8.15. The largest absolute Gasteiger partial charge is 0.384 e. The summed E-state index contributed by atoms with van der Waals surface area (Å²) in [5.74, 6) is -0.348. The summed E-state index contributed by atoms with van der Waals surface area (Å²) in [6, 6.07) is 16.9. The Morgan fingerprint density at radius 2 is 1.93 bits per heavy atom. The number of nitrogens with one attached hydrogen (secondary N) is 1. The number of rotatable bonds is 1. The number of carbonyl (C=O) groups excluding carboxylic acids is 2. The highest BCUT2D eigenvalue weighted by Crippen LogP contribution is 2.55. The zero-order valence-electron chi connectivity index (χ0n) is 15.9. The fourth-order valence-electron chi connectivity index (χ4n) is 4.86. The molecule has 0 radical (unpaired) electrons. The van der Waals surface area contributed by atoms with Gasteiger partial charge in [-0.3, -0.25) is 14.5 Å². The molecular formula is C23H17BrN4O2. The van der Waals surface area contributed by atoms with Gasteiger partial charge in [0.2, 0.25) is 5.91 Å². The van der Waals surface area contributed by atoms with Crippen LogP contribution in [0.2, 0.25) is 0 Å². The first kappa shape index (κ1) is 18.6. The normalized spacial score (nSPS) is 22.7. The average Bonchev–Trinajstić information content (AvgIpc) is 3.01. The van der Waals surface area contributed by atoms with Crippen LogP contribution >= 0.6 is 15.9 Å². The van der Waals surface area contributed by atoms with Crippen molar-refractivity contribution in [1.82, 2.24) is 0 Å². The first-order chi connectivity index (χ1) is 14.5. The van der Waals surface area contributed by atoms with Crippen molar-refractivity contribution in [2.75, 3.05) is 10.2 Å². The van der Waals surface area contributed by atoms with Crippen LogP contribution in [0.15, 0.2) is 75.7 Å². The average molecular weight is 461 g/mol. The van der Waals surface area contributed by atoms with Crippen LogP contribution in [0.25, 0.3) is 0 Å². The molecular weight excluding hydrogens is 444 g/mol. The number of anilines is 2. The topological polar surface area (TPSA) is 99.2 Å². The summed E-state index contributed by atoms with van der Waals surface area (Å²) in [5, 5.41) is 13.1. The van der Waals surface area contributed by atoms with E-state index in [4.69, 9.17) is 5.73 Å². The Labute approximate surface area is 181 Å². The van der Waals surface area contributed by atoms with Gasteiger partial charge in [0.1, 0.15) is 17.3 Å². The Balaban J connectivity index is 1.89. The third-order valence-corrected chi connectivity index (χ3v) is 6.49. The van der Waals surface area contributed by atoms with Crippen LogP contribution in [0.1, 0.15) is 24.8 Å². The summed E-state index contributed by atoms with van der Waals surface area (Å²) < 4.78 is 0.847. The highest BCUT2D eigenvalue weighted by atomic mass is 79.9. The smallest absolute Gasteiger partial charge is 0.245 e. The van der Waals surface area contributed by atoms with Crippen LogP contribution in [-0.4, -0.2) is 11.7 Å². The maximum atomic E-state index is 13.5. The van der Waals surface area contributed by atoms with Crippen LogP contribution in [0.3, 0.4) is 0 Å². The molecule has 2 aromatic carbocycles. The SMILES string of the molecule is N#CC1=C(N)N(c2cccc(Br)c2)C2=C(C(=O)CCC2)C12C(=O)Nc1ccccc12. The van der Waals surface area contributed by atoms with Gasteiger partial charge in [-0.1, -0.05) is 40.2 Å². The fourth-order valence-corrected chi connectivity index (χ4v) is 5.24. The predicted octanol–water partition coefficient (Wildman–Crippen LogP) is 3.86. The molecule has 6 nitrogen and oxygen atoms in total. The molecule has 1 atom stereocenters. The standard InChI is InChI=1S/C23H17BrN4O2/c24-13-5-3-6-14(11-13)28-18-9-4-10-19(29)20(18)23(16(12-25)21(28)26)15-7-1-2-8-17(15)27-22(23)30/h1-3,5-8,11H,4,9-10,26H2,(H,27,30). The van der Waals surface area contributed by atoms with E-state index in [0.717, 1.165) is 10.2 Å². The summed E-state index contributed by atoms with van der Waals surface area (Å²) >= 11 is 3.48. The molecule has 3 N–H and O–H groups in total. The van der Waals surface area contributed by atoms with Crippen molar-refractivity contribution >= 4 is 39.0 Å². The number of carbonyl (C=O) groups is 2.